The number of carbonyl (C=O) groups excluding carboxylic acids is 2. The maximum atomic E-state index is 12.8. The van der Waals surface area contributed by atoms with Gasteiger partial charge in [-0.2, -0.15) is 13.2 Å². The Labute approximate surface area is 138 Å². The van der Waals surface area contributed by atoms with E-state index in [1.165, 1.54) is 11.0 Å². The predicted octanol–water partition coefficient (Wildman–Crippen LogP) is 2.72. The van der Waals surface area contributed by atoms with Gasteiger partial charge in [-0.25, -0.2) is 0 Å². The van der Waals surface area contributed by atoms with Gasteiger partial charge in [-0.1, -0.05) is 12.1 Å². The molecular weight excluding hydrogens is 321 g/mol. The lowest BCUT2D eigenvalue weighted by Gasteiger charge is -2.32. The van der Waals surface area contributed by atoms with Crippen LogP contribution >= 0.6 is 0 Å². The molecule has 0 spiro atoms. The van der Waals surface area contributed by atoms with E-state index >= 15 is 0 Å². The zero-order valence-corrected chi connectivity index (χ0v) is 13.1. The van der Waals surface area contributed by atoms with Crippen molar-refractivity contribution in [1.29, 1.82) is 0 Å². The molecule has 0 radical (unpaired) electrons. The number of nitrogens with one attached hydrogen (secondary N) is 1. The van der Waals surface area contributed by atoms with Gasteiger partial charge in [0.2, 0.25) is 11.8 Å². The zero-order chi connectivity index (χ0) is 17.3. The third-order valence-electron chi connectivity index (χ3n) is 4.42. The maximum absolute atomic E-state index is 12.8. The molecule has 1 aliphatic heterocycles. The molecule has 1 saturated carbocycles. The van der Waals surface area contributed by atoms with E-state index in [-0.39, 0.29) is 43.3 Å². The second kappa shape index (κ2) is 6.45. The van der Waals surface area contributed by atoms with Crippen LogP contribution in [0.5, 0.6) is 0 Å². The number of halogens is 3. The van der Waals surface area contributed by atoms with Crippen LogP contribution in [0.1, 0.15) is 36.8 Å². The fourth-order valence-corrected chi connectivity index (χ4v) is 2.89. The molecule has 0 unspecified atom stereocenters. The van der Waals surface area contributed by atoms with Gasteiger partial charge in [-0.15, -0.1) is 0 Å². The number of benzene rings is 1. The summed E-state index contributed by atoms with van der Waals surface area (Å²) in [5.74, 6) is -0.462. The van der Waals surface area contributed by atoms with Crippen molar-refractivity contribution in [3.05, 3.63) is 35.4 Å². The van der Waals surface area contributed by atoms with Crippen molar-refractivity contribution in [2.75, 3.05) is 6.54 Å². The summed E-state index contributed by atoms with van der Waals surface area (Å²) in [4.78, 5) is 25.7. The number of hydrogen-bond donors (Lipinski definition) is 1. The predicted molar refractivity (Wildman–Crippen MR) is 80.7 cm³/mol. The van der Waals surface area contributed by atoms with E-state index in [9.17, 15) is 22.8 Å². The molecular formula is C17H19F3N2O2. The second-order valence-electron chi connectivity index (χ2n) is 6.49. The minimum Gasteiger partial charge on any atom is -0.353 e. The molecule has 1 aromatic rings. The first-order valence-electron chi connectivity index (χ1n) is 8.07. The van der Waals surface area contributed by atoms with Crippen LogP contribution < -0.4 is 5.32 Å². The molecule has 1 aromatic carbocycles. The summed E-state index contributed by atoms with van der Waals surface area (Å²) in [7, 11) is 0. The van der Waals surface area contributed by atoms with Gasteiger partial charge in [0.05, 0.1) is 11.5 Å². The number of hydrogen-bond acceptors (Lipinski definition) is 2. The minimum atomic E-state index is -4.41. The summed E-state index contributed by atoms with van der Waals surface area (Å²) >= 11 is 0. The maximum Gasteiger partial charge on any atom is 0.416 e. The zero-order valence-electron chi connectivity index (χ0n) is 13.1. The van der Waals surface area contributed by atoms with Crippen LogP contribution in [0.25, 0.3) is 0 Å². The molecule has 0 bridgehead atoms. The first kappa shape index (κ1) is 16.8. The molecule has 1 N–H and O–H groups in total. The average Bonchev–Trinajstić information content (AvgIpc) is 3.33. The van der Waals surface area contributed by atoms with Crippen molar-refractivity contribution in [3.63, 3.8) is 0 Å². The molecule has 3 rings (SSSR count). The van der Waals surface area contributed by atoms with E-state index in [0.717, 1.165) is 25.0 Å². The lowest BCUT2D eigenvalue weighted by Crippen LogP contribution is -2.45. The first-order valence-corrected chi connectivity index (χ1v) is 8.07. The van der Waals surface area contributed by atoms with Crippen LogP contribution in [-0.2, 0) is 22.3 Å². The topological polar surface area (TPSA) is 49.4 Å². The fourth-order valence-electron chi connectivity index (χ4n) is 2.89. The molecule has 24 heavy (non-hydrogen) atoms. The van der Waals surface area contributed by atoms with Crippen molar-refractivity contribution in [3.8, 4) is 0 Å². The van der Waals surface area contributed by atoms with Gasteiger partial charge in [0.25, 0.3) is 0 Å². The number of amides is 2. The van der Waals surface area contributed by atoms with E-state index in [4.69, 9.17) is 0 Å². The van der Waals surface area contributed by atoms with Crippen LogP contribution in [0, 0.1) is 5.92 Å². The van der Waals surface area contributed by atoms with Crippen LogP contribution in [0.15, 0.2) is 24.3 Å². The number of alkyl halides is 3. The van der Waals surface area contributed by atoms with Gasteiger partial charge >= 0.3 is 6.18 Å². The molecule has 0 aromatic heterocycles. The lowest BCUT2D eigenvalue weighted by molar-refractivity contribution is -0.139. The average molecular weight is 340 g/mol. The lowest BCUT2D eigenvalue weighted by atomic mass is 9.96. The SMILES string of the molecule is O=C(NC1CC1)[C@@H]1CCC(=O)N(Cc2cccc(C(F)(F)F)c2)C1. The first-order chi connectivity index (χ1) is 11.3. The van der Waals surface area contributed by atoms with E-state index < -0.39 is 11.7 Å². The number of piperidine rings is 1. The molecule has 7 heteroatoms. The summed E-state index contributed by atoms with van der Waals surface area (Å²) in [5.41, 5.74) is -0.311. The molecule has 1 saturated heterocycles. The standard InChI is InChI=1S/C17H19F3N2O2/c18-17(19,20)13-3-1-2-11(8-13)9-22-10-12(4-7-15(22)23)16(24)21-14-5-6-14/h1-3,8,12,14H,4-7,9-10H2,(H,21,24)/t12-/m1/s1. The van der Waals surface area contributed by atoms with Gasteiger partial charge in [0, 0.05) is 25.6 Å². The highest BCUT2D eigenvalue weighted by Gasteiger charge is 2.34. The molecule has 130 valence electrons. The number of carbonyl (C=O) groups is 2. The molecule has 1 heterocycles. The molecule has 2 fully saturated rings. The third kappa shape index (κ3) is 4.07. The van der Waals surface area contributed by atoms with Crippen molar-refractivity contribution >= 4 is 11.8 Å². The van der Waals surface area contributed by atoms with Crippen LogP contribution in [-0.4, -0.2) is 29.3 Å². The van der Waals surface area contributed by atoms with Crippen molar-refractivity contribution < 1.29 is 22.8 Å². The fraction of sp³-hybridized carbons (Fsp3) is 0.529. The van der Waals surface area contributed by atoms with Crippen LogP contribution in [0.2, 0.25) is 0 Å². The largest absolute Gasteiger partial charge is 0.416 e. The molecule has 2 aliphatic rings. The van der Waals surface area contributed by atoms with Gasteiger partial charge < -0.3 is 10.2 Å². The summed E-state index contributed by atoms with van der Waals surface area (Å²) in [6.45, 7) is 0.351. The van der Waals surface area contributed by atoms with E-state index in [0.29, 0.717) is 12.0 Å². The van der Waals surface area contributed by atoms with Gasteiger partial charge in [-0.3, -0.25) is 9.59 Å². The Hall–Kier alpha value is -2.05. The Balaban J connectivity index is 1.66. The second-order valence-corrected chi connectivity index (χ2v) is 6.49. The van der Waals surface area contributed by atoms with Gasteiger partial charge in [-0.05, 0) is 37.0 Å². The normalized spacial score (nSPS) is 21.7. The number of likely N-dealkylation sites (tertiary alicyclic amines) is 1. The number of rotatable bonds is 4. The minimum absolute atomic E-state index is 0.0564. The highest BCUT2D eigenvalue weighted by Crippen LogP contribution is 2.30. The van der Waals surface area contributed by atoms with Crippen molar-refractivity contribution in [2.45, 2.75) is 44.4 Å². The molecule has 4 nitrogen and oxygen atoms in total. The highest BCUT2D eigenvalue weighted by molar-refractivity contribution is 5.84. The van der Waals surface area contributed by atoms with Crippen molar-refractivity contribution in [2.24, 2.45) is 5.92 Å². The smallest absolute Gasteiger partial charge is 0.353 e. The summed E-state index contributed by atoms with van der Waals surface area (Å²) in [5, 5.41) is 2.93. The molecule has 2 amide bonds. The monoisotopic (exact) mass is 340 g/mol. The quantitative estimate of drug-likeness (QED) is 0.916. The van der Waals surface area contributed by atoms with Gasteiger partial charge in [0.1, 0.15) is 0 Å². The summed E-state index contributed by atoms with van der Waals surface area (Å²) in [6, 6.07) is 5.22. The Kier molecular flexibility index (Phi) is 4.51. The van der Waals surface area contributed by atoms with Gasteiger partial charge in [0.15, 0.2) is 0 Å². The van der Waals surface area contributed by atoms with Crippen LogP contribution in [0.4, 0.5) is 13.2 Å². The van der Waals surface area contributed by atoms with Crippen LogP contribution in [0.3, 0.4) is 0 Å². The van der Waals surface area contributed by atoms with Crippen molar-refractivity contribution in [1.82, 2.24) is 10.2 Å². The molecule has 1 atom stereocenters. The molecule has 1 aliphatic carbocycles. The highest BCUT2D eigenvalue weighted by atomic mass is 19.4. The number of nitrogens with zero attached hydrogens (tertiary/aromatic N) is 1. The Morgan fingerprint density at radius 3 is 2.67 bits per heavy atom. The third-order valence-corrected chi connectivity index (χ3v) is 4.42. The van der Waals surface area contributed by atoms with E-state index in [1.807, 2.05) is 0 Å². The Morgan fingerprint density at radius 1 is 1.25 bits per heavy atom. The Bertz CT molecular complexity index is 641. The Morgan fingerprint density at radius 2 is 2.00 bits per heavy atom. The summed E-state index contributed by atoms with van der Waals surface area (Å²) < 4.78 is 38.4. The summed E-state index contributed by atoms with van der Waals surface area (Å²) in [6.07, 6.45) is -1.68. The van der Waals surface area contributed by atoms with E-state index in [2.05, 4.69) is 5.32 Å². The van der Waals surface area contributed by atoms with E-state index in [1.54, 1.807) is 6.07 Å².